The molecule has 0 aliphatic carbocycles. The first-order chi connectivity index (χ1) is 9.85. The van der Waals surface area contributed by atoms with Gasteiger partial charge in [0, 0.05) is 13.0 Å². The molecule has 0 saturated carbocycles. The maximum atomic E-state index is 12.1. The lowest BCUT2D eigenvalue weighted by Crippen LogP contribution is -2.48. The number of morpholine rings is 1. The molecule has 1 aromatic carbocycles. The van der Waals surface area contributed by atoms with Crippen molar-refractivity contribution in [2.75, 3.05) is 19.7 Å². The molecule has 0 bridgehead atoms. The van der Waals surface area contributed by atoms with Gasteiger partial charge in [0.2, 0.25) is 0 Å². The predicted molar refractivity (Wildman–Crippen MR) is 79.4 cm³/mol. The molecule has 1 fully saturated rings. The molecule has 1 heterocycles. The molecule has 1 saturated heterocycles. The number of phenols is 1. The van der Waals surface area contributed by atoms with Crippen LogP contribution in [0.1, 0.15) is 26.3 Å². The number of aromatic hydroxyl groups is 1. The number of benzene rings is 1. The van der Waals surface area contributed by atoms with E-state index in [9.17, 15) is 9.90 Å². The average Bonchev–Trinajstić information content (AvgIpc) is 2.40. The second kappa shape index (κ2) is 6.35. The summed E-state index contributed by atoms with van der Waals surface area (Å²) in [7, 11) is 0. The molecule has 1 aromatic rings. The fourth-order valence-electron chi connectivity index (χ4n) is 2.26. The average molecular weight is 293 g/mol. The zero-order chi connectivity index (χ0) is 15.5. The number of carbonyl (C=O) groups is 1. The normalized spacial score (nSPS) is 19.4. The zero-order valence-electron chi connectivity index (χ0n) is 12.8. The van der Waals surface area contributed by atoms with Gasteiger partial charge in [-0.05, 0) is 32.4 Å². The molecular weight excluding hydrogens is 270 g/mol. The van der Waals surface area contributed by atoms with Crippen molar-refractivity contribution in [1.82, 2.24) is 4.90 Å². The lowest BCUT2D eigenvalue weighted by Gasteiger charge is -2.34. The number of amides is 1. The first kappa shape index (κ1) is 15.6. The summed E-state index contributed by atoms with van der Waals surface area (Å²) in [6, 6.07) is 7.19. The minimum Gasteiger partial charge on any atom is -0.508 e. The van der Waals surface area contributed by atoms with E-state index in [1.165, 1.54) is 0 Å². The van der Waals surface area contributed by atoms with E-state index < -0.39 is 5.60 Å². The second-order valence-corrected chi connectivity index (χ2v) is 6.25. The Hall–Kier alpha value is -1.75. The van der Waals surface area contributed by atoms with Crippen LogP contribution in [-0.4, -0.2) is 47.5 Å². The zero-order valence-corrected chi connectivity index (χ0v) is 12.8. The van der Waals surface area contributed by atoms with Gasteiger partial charge in [-0.15, -0.1) is 0 Å². The Bertz CT molecular complexity index is 495. The van der Waals surface area contributed by atoms with Gasteiger partial charge in [0.05, 0.1) is 19.3 Å². The van der Waals surface area contributed by atoms with Gasteiger partial charge in [0.1, 0.15) is 11.4 Å². The van der Waals surface area contributed by atoms with E-state index in [0.29, 0.717) is 26.1 Å². The quantitative estimate of drug-likeness (QED) is 0.910. The van der Waals surface area contributed by atoms with Gasteiger partial charge in [0.15, 0.2) is 0 Å². The number of phenolic OH excluding ortho intramolecular Hbond substituents is 1. The highest BCUT2D eigenvalue weighted by Gasteiger charge is 2.28. The van der Waals surface area contributed by atoms with Gasteiger partial charge in [0.25, 0.3) is 0 Å². The van der Waals surface area contributed by atoms with Gasteiger partial charge < -0.3 is 19.5 Å². The molecule has 1 N–H and O–H groups in total. The lowest BCUT2D eigenvalue weighted by molar-refractivity contribution is -0.0416. The van der Waals surface area contributed by atoms with Crippen LogP contribution in [0.25, 0.3) is 0 Å². The smallest absolute Gasteiger partial charge is 0.410 e. The third-order valence-corrected chi connectivity index (χ3v) is 3.23. The Morgan fingerprint density at radius 1 is 1.43 bits per heavy atom. The molecule has 1 aliphatic heterocycles. The van der Waals surface area contributed by atoms with Crippen molar-refractivity contribution in [3.8, 4) is 5.75 Å². The summed E-state index contributed by atoms with van der Waals surface area (Å²) in [5.41, 5.74) is 0.330. The first-order valence-corrected chi connectivity index (χ1v) is 7.21. The molecule has 1 atom stereocenters. The highest BCUT2D eigenvalue weighted by atomic mass is 16.6. The number of hydrogen-bond donors (Lipinski definition) is 1. The van der Waals surface area contributed by atoms with Crippen LogP contribution >= 0.6 is 0 Å². The molecule has 1 amide bonds. The Morgan fingerprint density at radius 2 is 2.14 bits per heavy atom. The minimum atomic E-state index is -0.497. The van der Waals surface area contributed by atoms with Crippen LogP contribution < -0.4 is 0 Å². The summed E-state index contributed by atoms with van der Waals surface area (Å²) in [5, 5.41) is 9.81. The van der Waals surface area contributed by atoms with Crippen molar-refractivity contribution in [3.05, 3.63) is 29.8 Å². The van der Waals surface area contributed by atoms with Gasteiger partial charge in [-0.25, -0.2) is 4.79 Å². The van der Waals surface area contributed by atoms with Crippen molar-refractivity contribution in [2.45, 2.75) is 38.9 Å². The van der Waals surface area contributed by atoms with E-state index in [1.807, 2.05) is 32.9 Å². The van der Waals surface area contributed by atoms with E-state index in [1.54, 1.807) is 17.0 Å². The highest BCUT2D eigenvalue weighted by Crippen LogP contribution is 2.21. The molecular formula is C16H23NO4. The number of carbonyl (C=O) groups excluding carboxylic acids is 1. The predicted octanol–water partition coefficient (Wildman–Crippen LogP) is 2.57. The number of rotatable bonds is 2. The molecule has 0 aromatic heterocycles. The van der Waals surface area contributed by atoms with Gasteiger partial charge in [-0.2, -0.15) is 0 Å². The molecule has 21 heavy (non-hydrogen) atoms. The first-order valence-electron chi connectivity index (χ1n) is 7.21. The minimum absolute atomic E-state index is 0.125. The van der Waals surface area contributed by atoms with E-state index >= 15 is 0 Å². The van der Waals surface area contributed by atoms with Gasteiger partial charge in [-0.1, -0.05) is 18.2 Å². The molecule has 0 radical (unpaired) electrons. The summed E-state index contributed by atoms with van der Waals surface area (Å²) in [6.07, 6.45) is 0.138. The molecule has 5 nitrogen and oxygen atoms in total. The number of para-hydroxylation sites is 1. The molecule has 116 valence electrons. The number of hydrogen-bond acceptors (Lipinski definition) is 4. The third kappa shape index (κ3) is 4.63. The van der Waals surface area contributed by atoms with Crippen LogP contribution in [0.5, 0.6) is 5.75 Å². The fourth-order valence-corrected chi connectivity index (χ4v) is 2.26. The van der Waals surface area contributed by atoms with Crippen molar-refractivity contribution < 1.29 is 19.4 Å². The Labute approximate surface area is 125 Å². The maximum absolute atomic E-state index is 12.1. The van der Waals surface area contributed by atoms with Crippen molar-refractivity contribution in [3.63, 3.8) is 0 Å². The summed E-state index contributed by atoms with van der Waals surface area (Å²) in [5.74, 6) is 0.260. The number of ether oxygens (including phenoxy) is 2. The Morgan fingerprint density at radius 3 is 2.81 bits per heavy atom. The molecule has 1 aliphatic rings. The molecule has 2 rings (SSSR count). The molecule has 1 unspecified atom stereocenters. The van der Waals surface area contributed by atoms with Crippen LogP contribution in [0.4, 0.5) is 4.79 Å². The van der Waals surface area contributed by atoms with Crippen molar-refractivity contribution in [2.24, 2.45) is 0 Å². The number of nitrogens with zero attached hydrogens (tertiary/aromatic N) is 1. The van der Waals surface area contributed by atoms with Crippen LogP contribution in [0.15, 0.2) is 24.3 Å². The van der Waals surface area contributed by atoms with E-state index in [-0.39, 0.29) is 17.9 Å². The van der Waals surface area contributed by atoms with E-state index in [0.717, 1.165) is 5.56 Å². The topological polar surface area (TPSA) is 59.0 Å². The van der Waals surface area contributed by atoms with Gasteiger partial charge in [-0.3, -0.25) is 0 Å². The van der Waals surface area contributed by atoms with E-state index in [4.69, 9.17) is 9.47 Å². The van der Waals surface area contributed by atoms with Crippen LogP contribution in [0, 0.1) is 0 Å². The standard InChI is InChI=1S/C16H23NO4/c1-16(2,3)21-15(19)17-8-9-20-13(11-17)10-12-6-4-5-7-14(12)18/h4-7,13,18H,8-11H2,1-3H3. The van der Waals surface area contributed by atoms with Crippen LogP contribution in [-0.2, 0) is 15.9 Å². The van der Waals surface area contributed by atoms with Crippen LogP contribution in [0.2, 0.25) is 0 Å². The summed E-state index contributed by atoms with van der Waals surface area (Å²) in [6.45, 7) is 7.05. The highest BCUT2D eigenvalue weighted by molar-refractivity contribution is 5.68. The summed E-state index contributed by atoms with van der Waals surface area (Å²) < 4.78 is 11.1. The van der Waals surface area contributed by atoms with Crippen molar-refractivity contribution in [1.29, 1.82) is 0 Å². The molecule has 0 spiro atoms. The second-order valence-electron chi connectivity index (χ2n) is 6.25. The monoisotopic (exact) mass is 293 g/mol. The third-order valence-electron chi connectivity index (χ3n) is 3.23. The Kier molecular flexibility index (Phi) is 4.73. The molecule has 5 heteroatoms. The SMILES string of the molecule is CC(C)(C)OC(=O)N1CCOC(Cc2ccccc2O)C1. The summed E-state index contributed by atoms with van der Waals surface area (Å²) in [4.78, 5) is 13.7. The van der Waals surface area contributed by atoms with E-state index in [2.05, 4.69) is 0 Å². The lowest BCUT2D eigenvalue weighted by atomic mass is 10.1. The summed E-state index contributed by atoms with van der Waals surface area (Å²) >= 11 is 0. The van der Waals surface area contributed by atoms with Gasteiger partial charge >= 0.3 is 6.09 Å². The van der Waals surface area contributed by atoms with Crippen molar-refractivity contribution >= 4 is 6.09 Å². The maximum Gasteiger partial charge on any atom is 0.410 e. The largest absolute Gasteiger partial charge is 0.508 e. The van der Waals surface area contributed by atoms with Crippen LogP contribution in [0.3, 0.4) is 0 Å². The Balaban J connectivity index is 1.95. The fraction of sp³-hybridized carbons (Fsp3) is 0.562.